The fourth-order valence-corrected chi connectivity index (χ4v) is 4.10. The van der Waals surface area contributed by atoms with E-state index >= 15 is 0 Å². The zero-order valence-electron chi connectivity index (χ0n) is 13.9. The number of hydrogen-bond acceptors (Lipinski definition) is 4. The molecule has 0 N–H and O–H groups in total. The first-order valence-electron chi connectivity index (χ1n) is 8.53. The number of piperazine rings is 1. The quantitative estimate of drug-likeness (QED) is 0.547. The molecule has 0 unspecified atom stereocenters. The molecular weight excluding hydrogens is 338 g/mol. The van der Waals surface area contributed by atoms with Gasteiger partial charge in [-0.3, -0.25) is 9.88 Å². The van der Waals surface area contributed by atoms with Gasteiger partial charge in [0.15, 0.2) is 0 Å². The Morgan fingerprint density at radius 2 is 1.71 bits per heavy atom. The summed E-state index contributed by atoms with van der Waals surface area (Å²) in [5, 5.41) is 0.866. The van der Waals surface area contributed by atoms with E-state index in [9.17, 15) is 0 Å². The molecule has 0 aliphatic carbocycles. The van der Waals surface area contributed by atoms with E-state index in [0.717, 1.165) is 43.5 Å². The minimum absolute atomic E-state index is 0.866. The van der Waals surface area contributed by atoms with Crippen LogP contribution in [0.15, 0.2) is 53.6 Å². The van der Waals surface area contributed by atoms with E-state index in [1.165, 1.54) is 23.6 Å². The molecule has 1 aliphatic rings. The molecule has 1 saturated heterocycles. The molecule has 128 valence electrons. The lowest BCUT2D eigenvalue weighted by Gasteiger charge is -2.34. The van der Waals surface area contributed by atoms with E-state index in [0.29, 0.717) is 0 Å². The first-order chi connectivity index (χ1) is 11.8. The Kier molecular flexibility index (Phi) is 6.97. The highest BCUT2D eigenvalue weighted by molar-refractivity contribution is 7.99. The minimum atomic E-state index is 0.866. The predicted octanol–water partition coefficient (Wildman–Crippen LogP) is 4.04. The molecule has 5 heteroatoms. The molecule has 1 aliphatic heterocycles. The molecule has 1 aromatic heterocycles. The monoisotopic (exact) mass is 361 g/mol. The van der Waals surface area contributed by atoms with Crippen molar-refractivity contribution in [3.63, 3.8) is 0 Å². The van der Waals surface area contributed by atoms with Crippen molar-refractivity contribution in [1.82, 2.24) is 14.8 Å². The van der Waals surface area contributed by atoms with E-state index < -0.39 is 0 Å². The summed E-state index contributed by atoms with van der Waals surface area (Å²) in [6, 6.07) is 14.2. The molecule has 1 aromatic carbocycles. The minimum Gasteiger partial charge on any atom is -0.301 e. The largest absolute Gasteiger partial charge is 0.301 e. The summed E-state index contributed by atoms with van der Waals surface area (Å²) in [6.07, 6.45) is 3.08. The molecule has 0 saturated carbocycles. The highest BCUT2D eigenvalue weighted by Gasteiger charge is 2.16. The number of nitrogens with zero attached hydrogens (tertiary/aromatic N) is 3. The van der Waals surface area contributed by atoms with Crippen LogP contribution >= 0.6 is 23.4 Å². The Balaban J connectivity index is 1.32. The van der Waals surface area contributed by atoms with Gasteiger partial charge in [-0.05, 0) is 43.0 Å². The molecule has 1 fully saturated rings. The number of thioether (sulfide) groups is 1. The van der Waals surface area contributed by atoms with Crippen molar-refractivity contribution in [3.8, 4) is 0 Å². The van der Waals surface area contributed by atoms with Gasteiger partial charge in [-0.1, -0.05) is 29.8 Å². The van der Waals surface area contributed by atoms with Gasteiger partial charge in [0.05, 0.1) is 10.7 Å². The number of aromatic nitrogens is 1. The molecule has 0 radical (unpaired) electrons. The van der Waals surface area contributed by atoms with Gasteiger partial charge in [-0.2, -0.15) is 0 Å². The van der Waals surface area contributed by atoms with Crippen LogP contribution in [0.2, 0.25) is 5.02 Å². The van der Waals surface area contributed by atoms with E-state index in [4.69, 9.17) is 11.6 Å². The molecular formula is C19H24ClN3S. The second-order valence-electron chi connectivity index (χ2n) is 6.07. The lowest BCUT2D eigenvalue weighted by atomic mass is 10.2. The van der Waals surface area contributed by atoms with Crippen LogP contribution in [0.3, 0.4) is 0 Å². The average molecular weight is 362 g/mol. The SMILES string of the molecule is Clc1ccccc1SCCCN1CCN(Cc2ccccn2)CC1. The van der Waals surface area contributed by atoms with Gasteiger partial charge in [0.1, 0.15) is 0 Å². The molecule has 2 heterocycles. The highest BCUT2D eigenvalue weighted by Crippen LogP contribution is 2.26. The van der Waals surface area contributed by atoms with E-state index in [-0.39, 0.29) is 0 Å². The molecule has 24 heavy (non-hydrogen) atoms. The fourth-order valence-electron chi connectivity index (χ4n) is 2.92. The van der Waals surface area contributed by atoms with Crippen molar-refractivity contribution in [3.05, 3.63) is 59.4 Å². The third-order valence-corrected chi connectivity index (χ3v) is 5.89. The number of rotatable bonds is 7. The Morgan fingerprint density at radius 3 is 2.46 bits per heavy atom. The number of hydrogen-bond donors (Lipinski definition) is 0. The van der Waals surface area contributed by atoms with Crippen LogP contribution in [0, 0.1) is 0 Å². The summed E-state index contributed by atoms with van der Waals surface area (Å²) in [5.41, 5.74) is 1.17. The summed E-state index contributed by atoms with van der Waals surface area (Å²) in [6.45, 7) is 6.72. The smallest absolute Gasteiger partial charge is 0.0543 e. The van der Waals surface area contributed by atoms with Crippen LogP contribution in [0.4, 0.5) is 0 Å². The van der Waals surface area contributed by atoms with Crippen LogP contribution in [0.1, 0.15) is 12.1 Å². The lowest BCUT2D eigenvalue weighted by Crippen LogP contribution is -2.46. The molecule has 0 spiro atoms. The molecule has 0 bridgehead atoms. The molecule has 3 nitrogen and oxygen atoms in total. The van der Waals surface area contributed by atoms with Crippen LogP contribution in [0.25, 0.3) is 0 Å². The van der Waals surface area contributed by atoms with Gasteiger partial charge in [0.25, 0.3) is 0 Å². The normalized spacial score (nSPS) is 16.4. The van der Waals surface area contributed by atoms with Gasteiger partial charge >= 0.3 is 0 Å². The van der Waals surface area contributed by atoms with Gasteiger partial charge in [0, 0.05) is 43.8 Å². The Morgan fingerprint density at radius 1 is 0.958 bits per heavy atom. The van der Waals surface area contributed by atoms with Gasteiger partial charge < -0.3 is 4.90 Å². The highest BCUT2D eigenvalue weighted by atomic mass is 35.5. The Hall–Kier alpha value is -1.07. The molecule has 0 amide bonds. The maximum absolute atomic E-state index is 6.19. The van der Waals surface area contributed by atoms with Crippen molar-refractivity contribution in [2.24, 2.45) is 0 Å². The maximum atomic E-state index is 6.19. The van der Waals surface area contributed by atoms with Crippen LogP contribution in [-0.2, 0) is 6.54 Å². The molecule has 2 aromatic rings. The predicted molar refractivity (Wildman–Crippen MR) is 103 cm³/mol. The third-order valence-electron chi connectivity index (χ3n) is 4.29. The summed E-state index contributed by atoms with van der Waals surface area (Å²) in [7, 11) is 0. The maximum Gasteiger partial charge on any atom is 0.0543 e. The van der Waals surface area contributed by atoms with Gasteiger partial charge in [-0.25, -0.2) is 0 Å². The van der Waals surface area contributed by atoms with E-state index in [1.807, 2.05) is 36.2 Å². The molecule has 3 rings (SSSR count). The van der Waals surface area contributed by atoms with Crippen molar-refractivity contribution in [1.29, 1.82) is 0 Å². The number of benzene rings is 1. The van der Waals surface area contributed by atoms with Crippen LogP contribution < -0.4 is 0 Å². The zero-order chi connectivity index (χ0) is 16.6. The van der Waals surface area contributed by atoms with Crippen LogP contribution in [-0.4, -0.2) is 53.3 Å². The average Bonchev–Trinajstić information content (AvgIpc) is 2.62. The number of pyridine rings is 1. The van der Waals surface area contributed by atoms with Gasteiger partial charge in [0.2, 0.25) is 0 Å². The Labute approximate surface area is 154 Å². The first-order valence-corrected chi connectivity index (χ1v) is 9.89. The number of halogens is 1. The summed E-state index contributed by atoms with van der Waals surface area (Å²) < 4.78 is 0. The van der Waals surface area contributed by atoms with Crippen molar-refractivity contribution < 1.29 is 0 Å². The van der Waals surface area contributed by atoms with Crippen molar-refractivity contribution >= 4 is 23.4 Å². The second kappa shape index (κ2) is 9.42. The van der Waals surface area contributed by atoms with Crippen LogP contribution in [0.5, 0.6) is 0 Å². The fraction of sp³-hybridized carbons (Fsp3) is 0.421. The van der Waals surface area contributed by atoms with Gasteiger partial charge in [-0.15, -0.1) is 11.8 Å². The first kappa shape index (κ1) is 17.7. The van der Waals surface area contributed by atoms with E-state index in [1.54, 1.807) is 0 Å². The summed E-state index contributed by atoms with van der Waals surface area (Å²) >= 11 is 8.05. The Bertz CT molecular complexity index is 615. The molecule has 0 atom stereocenters. The summed E-state index contributed by atoms with van der Waals surface area (Å²) in [5.74, 6) is 1.12. The zero-order valence-corrected chi connectivity index (χ0v) is 15.5. The summed E-state index contributed by atoms with van der Waals surface area (Å²) in [4.78, 5) is 10.7. The van der Waals surface area contributed by atoms with E-state index in [2.05, 4.69) is 39.0 Å². The standard InChI is InChI=1S/C19H24ClN3S/c20-18-7-1-2-8-19(18)24-15-5-10-22-11-13-23(14-12-22)16-17-6-3-4-9-21-17/h1-4,6-9H,5,10-16H2. The second-order valence-corrected chi connectivity index (χ2v) is 7.62. The third kappa shape index (κ3) is 5.49. The van der Waals surface area contributed by atoms with Crippen molar-refractivity contribution in [2.45, 2.75) is 17.9 Å². The lowest BCUT2D eigenvalue weighted by molar-refractivity contribution is 0.126. The topological polar surface area (TPSA) is 19.4 Å². The van der Waals surface area contributed by atoms with Crippen molar-refractivity contribution in [2.75, 3.05) is 38.5 Å².